The number of nitrogens with zero attached hydrogens (tertiary/aromatic N) is 2. The SMILES string of the molecule is CNC(C)Cc1noc(CCSc2ccc(C)c(C)c2)n1. The Hall–Kier alpha value is -1.33. The molecule has 1 heterocycles. The Morgan fingerprint density at radius 1 is 1.29 bits per heavy atom. The molecule has 0 radical (unpaired) electrons. The van der Waals surface area contributed by atoms with Gasteiger partial charge in [0, 0.05) is 29.5 Å². The maximum atomic E-state index is 5.29. The van der Waals surface area contributed by atoms with Gasteiger partial charge in [-0.05, 0) is 51.1 Å². The van der Waals surface area contributed by atoms with Gasteiger partial charge in [-0.25, -0.2) is 0 Å². The van der Waals surface area contributed by atoms with Crippen LogP contribution in [0.15, 0.2) is 27.6 Å². The summed E-state index contributed by atoms with van der Waals surface area (Å²) in [7, 11) is 1.94. The summed E-state index contributed by atoms with van der Waals surface area (Å²) >= 11 is 1.83. The van der Waals surface area contributed by atoms with E-state index in [-0.39, 0.29) is 0 Å². The lowest BCUT2D eigenvalue weighted by Gasteiger charge is -2.04. The van der Waals surface area contributed by atoms with Gasteiger partial charge in [0.05, 0.1) is 0 Å². The Morgan fingerprint density at radius 3 is 2.81 bits per heavy atom. The van der Waals surface area contributed by atoms with Crippen LogP contribution in [0.5, 0.6) is 0 Å². The number of rotatable bonds is 7. The number of aromatic nitrogens is 2. The predicted octanol–water partition coefficient (Wildman–Crippen LogP) is 3.17. The van der Waals surface area contributed by atoms with E-state index in [1.54, 1.807) is 0 Å². The Labute approximate surface area is 130 Å². The molecule has 1 atom stereocenters. The number of aryl methyl sites for hydroxylation is 3. The molecule has 0 spiro atoms. The lowest BCUT2D eigenvalue weighted by atomic mass is 10.1. The van der Waals surface area contributed by atoms with Crippen LogP contribution in [0.3, 0.4) is 0 Å². The Kier molecular flexibility index (Phi) is 5.82. The summed E-state index contributed by atoms with van der Waals surface area (Å²) in [5.41, 5.74) is 2.67. The lowest BCUT2D eigenvalue weighted by molar-refractivity contribution is 0.375. The molecule has 1 N–H and O–H groups in total. The monoisotopic (exact) mass is 305 g/mol. The lowest BCUT2D eigenvalue weighted by Crippen LogP contribution is -2.24. The van der Waals surface area contributed by atoms with Crippen molar-refractivity contribution < 1.29 is 4.52 Å². The van der Waals surface area contributed by atoms with Crippen LogP contribution in [0.1, 0.15) is 29.8 Å². The van der Waals surface area contributed by atoms with Gasteiger partial charge in [-0.1, -0.05) is 11.2 Å². The molecule has 0 aliphatic carbocycles. The van der Waals surface area contributed by atoms with E-state index >= 15 is 0 Å². The minimum atomic E-state index is 0.361. The first-order valence-electron chi connectivity index (χ1n) is 7.27. The number of hydrogen-bond donors (Lipinski definition) is 1. The molecule has 0 bridgehead atoms. The zero-order valence-corrected chi connectivity index (χ0v) is 14.0. The fourth-order valence-electron chi connectivity index (χ4n) is 1.91. The number of hydrogen-bond acceptors (Lipinski definition) is 5. The van der Waals surface area contributed by atoms with Crippen molar-refractivity contribution in [1.82, 2.24) is 15.5 Å². The number of thioether (sulfide) groups is 1. The van der Waals surface area contributed by atoms with Crippen LogP contribution in [-0.4, -0.2) is 29.0 Å². The quantitative estimate of drug-likeness (QED) is 0.796. The van der Waals surface area contributed by atoms with Gasteiger partial charge in [-0.15, -0.1) is 11.8 Å². The number of nitrogens with one attached hydrogen (secondary N) is 1. The molecular weight excluding hydrogens is 282 g/mol. The van der Waals surface area contributed by atoms with Gasteiger partial charge in [0.2, 0.25) is 5.89 Å². The van der Waals surface area contributed by atoms with Crippen molar-refractivity contribution in [3.63, 3.8) is 0 Å². The van der Waals surface area contributed by atoms with E-state index < -0.39 is 0 Å². The minimum absolute atomic E-state index is 0.361. The number of benzene rings is 1. The summed E-state index contributed by atoms with van der Waals surface area (Å²) in [5.74, 6) is 2.46. The average molecular weight is 305 g/mol. The van der Waals surface area contributed by atoms with Crippen LogP contribution >= 0.6 is 11.8 Å². The molecule has 0 aliphatic heterocycles. The molecule has 1 aromatic heterocycles. The van der Waals surface area contributed by atoms with Crippen molar-refractivity contribution in [2.45, 2.75) is 44.6 Å². The first-order chi connectivity index (χ1) is 10.1. The summed E-state index contributed by atoms with van der Waals surface area (Å²) in [6.45, 7) is 6.38. The van der Waals surface area contributed by atoms with Crippen molar-refractivity contribution in [3.8, 4) is 0 Å². The van der Waals surface area contributed by atoms with Crippen LogP contribution in [0.25, 0.3) is 0 Å². The second kappa shape index (κ2) is 7.61. The Bertz CT molecular complexity index is 583. The van der Waals surface area contributed by atoms with E-state index in [1.165, 1.54) is 16.0 Å². The van der Waals surface area contributed by atoms with Gasteiger partial charge in [-0.3, -0.25) is 0 Å². The highest BCUT2D eigenvalue weighted by Crippen LogP contribution is 2.21. The van der Waals surface area contributed by atoms with E-state index in [4.69, 9.17) is 4.52 Å². The second-order valence-corrected chi connectivity index (χ2v) is 6.51. The molecule has 4 nitrogen and oxygen atoms in total. The molecule has 0 aliphatic rings. The van der Waals surface area contributed by atoms with Crippen molar-refractivity contribution in [2.24, 2.45) is 0 Å². The first kappa shape index (κ1) is 16.0. The average Bonchev–Trinajstić information content (AvgIpc) is 2.90. The van der Waals surface area contributed by atoms with E-state index in [2.05, 4.69) is 54.4 Å². The fourth-order valence-corrected chi connectivity index (χ4v) is 2.85. The standard InChI is InChI=1S/C16H23N3OS/c1-11-5-6-14(9-12(11)2)21-8-7-16-18-15(19-20-16)10-13(3)17-4/h5-6,9,13,17H,7-8,10H2,1-4H3. The molecule has 5 heteroatoms. The smallest absolute Gasteiger partial charge is 0.227 e. The molecule has 21 heavy (non-hydrogen) atoms. The van der Waals surface area contributed by atoms with Crippen LogP contribution in [0, 0.1) is 13.8 Å². The van der Waals surface area contributed by atoms with Gasteiger partial charge < -0.3 is 9.84 Å². The summed E-state index contributed by atoms with van der Waals surface area (Å²) in [6.07, 6.45) is 1.60. The topological polar surface area (TPSA) is 51.0 Å². The third kappa shape index (κ3) is 4.86. The van der Waals surface area contributed by atoms with E-state index in [0.29, 0.717) is 6.04 Å². The molecule has 0 amide bonds. The van der Waals surface area contributed by atoms with Crippen LogP contribution in [0.4, 0.5) is 0 Å². The summed E-state index contributed by atoms with van der Waals surface area (Å²) in [4.78, 5) is 5.72. The van der Waals surface area contributed by atoms with Crippen LogP contribution in [-0.2, 0) is 12.8 Å². The third-order valence-corrected chi connectivity index (χ3v) is 4.55. The molecule has 0 fully saturated rings. The van der Waals surface area contributed by atoms with E-state index in [1.807, 2.05) is 18.8 Å². The third-order valence-electron chi connectivity index (χ3n) is 3.55. The zero-order valence-electron chi connectivity index (χ0n) is 13.1. The molecular formula is C16H23N3OS. The van der Waals surface area contributed by atoms with Crippen LogP contribution in [0.2, 0.25) is 0 Å². The molecule has 0 saturated carbocycles. The maximum Gasteiger partial charge on any atom is 0.227 e. The van der Waals surface area contributed by atoms with Crippen molar-refractivity contribution in [3.05, 3.63) is 41.0 Å². The molecule has 1 unspecified atom stereocenters. The highest BCUT2D eigenvalue weighted by Gasteiger charge is 2.09. The largest absolute Gasteiger partial charge is 0.339 e. The van der Waals surface area contributed by atoms with Crippen molar-refractivity contribution >= 4 is 11.8 Å². The maximum absolute atomic E-state index is 5.29. The zero-order chi connectivity index (χ0) is 15.2. The predicted molar refractivity (Wildman–Crippen MR) is 86.9 cm³/mol. The first-order valence-corrected chi connectivity index (χ1v) is 8.26. The Balaban J connectivity index is 1.82. The van der Waals surface area contributed by atoms with Gasteiger partial charge in [0.25, 0.3) is 0 Å². The highest BCUT2D eigenvalue weighted by molar-refractivity contribution is 7.99. The van der Waals surface area contributed by atoms with Gasteiger partial charge in [0.15, 0.2) is 5.82 Å². The van der Waals surface area contributed by atoms with Crippen molar-refractivity contribution in [1.29, 1.82) is 0 Å². The summed E-state index contributed by atoms with van der Waals surface area (Å²) in [5, 5.41) is 7.19. The van der Waals surface area contributed by atoms with Gasteiger partial charge in [0.1, 0.15) is 0 Å². The highest BCUT2D eigenvalue weighted by atomic mass is 32.2. The van der Waals surface area contributed by atoms with E-state index in [0.717, 1.165) is 30.3 Å². The van der Waals surface area contributed by atoms with Crippen molar-refractivity contribution in [2.75, 3.05) is 12.8 Å². The minimum Gasteiger partial charge on any atom is -0.339 e. The fraction of sp³-hybridized carbons (Fsp3) is 0.500. The molecule has 2 rings (SSSR count). The summed E-state index contributed by atoms with van der Waals surface area (Å²) in [6, 6.07) is 6.93. The second-order valence-electron chi connectivity index (χ2n) is 5.34. The molecule has 0 saturated heterocycles. The summed E-state index contributed by atoms with van der Waals surface area (Å²) < 4.78 is 5.29. The molecule has 114 valence electrons. The molecule has 2 aromatic rings. The number of likely N-dealkylation sites (N-methyl/N-ethyl adjacent to an activating group) is 1. The van der Waals surface area contributed by atoms with Gasteiger partial charge >= 0.3 is 0 Å². The Morgan fingerprint density at radius 2 is 2.10 bits per heavy atom. The van der Waals surface area contributed by atoms with Gasteiger partial charge in [-0.2, -0.15) is 4.98 Å². The normalized spacial score (nSPS) is 12.6. The van der Waals surface area contributed by atoms with Crippen LogP contribution < -0.4 is 5.32 Å². The molecule has 1 aromatic carbocycles. The van der Waals surface area contributed by atoms with E-state index in [9.17, 15) is 0 Å².